The van der Waals surface area contributed by atoms with E-state index in [1.54, 1.807) is 0 Å². The van der Waals surface area contributed by atoms with Crippen molar-refractivity contribution >= 4 is 0 Å². The van der Waals surface area contributed by atoms with Crippen LogP contribution < -0.4 is 5.32 Å². The Hall–Kier alpha value is -2.20. The molecule has 0 aliphatic rings. The third kappa shape index (κ3) is 30.8. The number of rotatable bonds is 9. The van der Waals surface area contributed by atoms with Crippen LogP contribution in [0.3, 0.4) is 0 Å². The molecule has 0 heterocycles. The van der Waals surface area contributed by atoms with Gasteiger partial charge in [-0.25, -0.2) is 0 Å². The zero-order valence-corrected chi connectivity index (χ0v) is 21.3. The molecule has 1 atom stereocenters. The third-order valence-electron chi connectivity index (χ3n) is 3.66. The fraction of sp³-hybridized carbons (Fsp3) is 0.500. The smallest absolute Gasteiger partial charge is 0.0337 e. The quantitative estimate of drug-likeness (QED) is 0.231. The van der Waals surface area contributed by atoms with Crippen LogP contribution in [0.5, 0.6) is 0 Å². The number of hydrogen-bond acceptors (Lipinski definition) is 1. The normalized spacial score (nSPS) is 10.3. The van der Waals surface area contributed by atoms with Crippen molar-refractivity contribution in [1.29, 1.82) is 0 Å². The summed E-state index contributed by atoms with van der Waals surface area (Å²) in [7, 11) is 1.91. The lowest BCUT2D eigenvalue weighted by molar-refractivity contribution is 0.589. The largest absolute Gasteiger partial charge is 0.392 e. The summed E-state index contributed by atoms with van der Waals surface area (Å²) in [4.78, 5) is 0. The van der Waals surface area contributed by atoms with Gasteiger partial charge in [0.25, 0.3) is 0 Å². The highest BCUT2D eigenvalue weighted by molar-refractivity contribution is 5.31. The molecule has 0 amide bonds. The molecule has 168 valence electrons. The van der Waals surface area contributed by atoms with E-state index in [1.165, 1.54) is 11.1 Å². The Morgan fingerprint density at radius 1 is 1.07 bits per heavy atom. The molecular weight excluding hydrogens is 350 g/mol. The summed E-state index contributed by atoms with van der Waals surface area (Å²) in [6, 6.07) is 0. The van der Waals surface area contributed by atoms with E-state index in [9.17, 15) is 0 Å². The zero-order chi connectivity index (χ0) is 24.3. The summed E-state index contributed by atoms with van der Waals surface area (Å²) in [6.45, 7) is 33.8. The van der Waals surface area contributed by atoms with Crippen molar-refractivity contribution in [3.63, 3.8) is 0 Å². The number of hydrogen-bond donors (Lipinski definition) is 1. The van der Waals surface area contributed by atoms with Crippen LogP contribution in [0.1, 0.15) is 81.1 Å². The second kappa shape index (κ2) is 33.4. The Bertz CT molecular complexity index is 483. The van der Waals surface area contributed by atoms with E-state index in [2.05, 4.69) is 71.0 Å². The molecule has 0 aliphatic heterocycles. The first-order valence-electron chi connectivity index (χ1n) is 10.8. The van der Waals surface area contributed by atoms with E-state index in [4.69, 9.17) is 6.42 Å². The molecule has 0 aromatic carbocycles. The van der Waals surface area contributed by atoms with Crippen molar-refractivity contribution in [3.05, 3.63) is 73.5 Å². The van der Waals surface area contributed by atoms with Crippen molar-refractivity contribution < 1.29 is 0 Å². The van der Waals surface area contributed by atoms with Crippen LogP contribution in [-0.2, 0) is 0 Å². The van der Waals surface area contributed by atoms with Crippen LogP contribution in [0.2, 0.25) is 0 Å². The van der Waals surface area contributed by atoms with Crippen LogP contribution in [0, 0.1) is 18.3 Å². The van der Waals surface area contributed by atoms with Gasteiger partial charge in [0, 0.05) is 19.2 Å². The van der Waals surface area contributed by atoms with Crippen molar-refractivity contribution in [2.45, 2.75) is 81.1 Å². The average molecular weight is 402 g/mol. The number of terminal acetylenes is 1. The standard InChI is InChI=1S/C13H18.C9H17N.2C2H6.C2H4/c1-6-8-13(12(5)7-2)10-9-11(3)4;1-5-6-7-8(2)9(3)10-4;3*1-2/h1,9-10H,3,7-8H2,2,4-5H3;5,8,10H,1,3,6-7H2,2,4H3;2*1-2H3;1-2H2/b10-9-,13-12+;;;;. The lowest BCUT2D eigenvalue weighted by Gasteiger charge is -2.12. The minimum Gasteiger partial charge on any atom is -0.392 e. The highest BCUT2D eigenvalue weighted by Gasteiger charge is 2.01. The van der Waals surface area contributed by atoms with Crippen LogP contribution >= 0.6 is 0 Å². The summed E-state index contributed by atoms with van der Waals surface area (Å²) < 4.78 is 0. The molecule has 0 bridgehead atoms. The van der Waals surface area contributed by atoms with E-state index in [0.29, 0.717) is 12.3 Å². The first-order valence-corrected chi connectivity index (χ1v) is 10.8. The molecule has 0 saturated carbocycles. The average Bonchev–Trinajstić information content (AvgIpc) is 2.78. The van der Waals surface area contributed by atoms with Crippen molar-refractivity contribution in [3.8, 4) is 12.3 Å². The van der Waals surface area contributed by atoms with Gasteiger partial charge < -0.3 is 5.32 Å². The summed E-state index contributed by atoms with van der Waals surface area (Å²) in [5, 5.41) is 3.04. The SMILES string of the molecule is C#CCC(/C=C\C(=C)C)=C(/C)CC.C=C.C=CCCC(C)C(=C)NC.CC.CC. The van der Waals surface area contributed by atoms with Gasteiger partial charge in [0.1, 0.15) is 0 Å². The van der Waals surface area contributed by atoms with Gasteiger partial charge in [-0.2, -0.15) is 0 Å². The van der Waals surface area contributed by atoms with Gasteiger partial charge in [0.15, 0.2) is 0 Å². The Morgan fingerprint density at radius 3 is 1.86 bits per heavy atom. The molecule has 29 heavy (non-hydrogen) atoms. The molecule has 0 aliphatic carbocycles. The number of nitrogens with one attached hydrogen (secondary N) is 1. The van der Waals surface area contributed by atoms with Gasteiger partial charge in [0.05, 0.1) is 0 Å². The van der Waals surface area contributed by atoms with Crippen molar-refractivity contribution in [1.82, 2.24) is 5.32 Å². The maximum atomic E-state index is 5.29. The highest BCUT2D eigenvalue weighted by Crippen LogP contribution is 2.13. The summed E-state index contributed by atoms with van der Waals surface area (Å²) in [5.74, 6) is 3.23. The molecule has 1 heteroatoms. The van der Waals surface area contributed by atoms with E-state index in [-0.39, 0.29) is 0 Å². The lowest BCUT2D eigenvalue weighted by atomic mass is 10.0. The van der Waals surface area contributed by atoms with Gasteiger partial charge in [-0.1, -0.05) is 84.1 Å². The van der Waals surface area contributed by atoms with Crippen LogP contribution in [0.4, 0.5) is 0 Å². The molecule has 1 nitrogen and oxygen atoms in total. The molecule has 0 radical (unpaired) electrons. The van der Waals surface area contributed by atoms with E-state index in [0.717, 1.165) is 30.5 Å². The van der Waals surface area contributed by atoms with Crippen LogP contribution in [0.25, 0.3) is 0 Å². The maximum Gasteiger partial charge on any atom is 0.0337 e. The highest BCUT2D eigenvalue weighted by atomic mass is 14.8. The molecular formula is C28H51N. The van der Waals surface area contributed by atoms with Crippen molar-refractivity contribution in [2.24, 2.45) is 5.92 Å². The van der Waals surface area contributed by atoms with Gasteiger partial charge in [-0.05, 0) is 44.6 Å². The predicted molar refractivity (Wildman–Crippen MR) is 141 cm³/mol. The molecule has 0 rings (SSSR count). The van der Waals surface area contributed by atoms with Crippen LogP contribution in [-0.4, -0.2) is 7.05 Å². The van der Waals surface area contributed by atoms with E-state index in [1.807, 2.05) is 53.8 Å². The molecule has 0 fully saturated rings. The van der Waals surface area contributed by atoms with Crippen LogP contribution in [0.15, 0.2) is 73.5 Å². The Morgan fingerprint density at radius 2 is 1.55 bits per heavy atom. The first-order chi connectivity index (χ1) is 13.8. The minimum absolute atomic E-state index is 0.558. The molecule has 1 unspecified atom stereocenters. The van der Waals surface area contributed by atoms with Crippen molar-refractivity contribution in [2.75, 3.05) is 7.05 Å². The summed E-state index contributed by atoms with van der Waals surface area (Å²) in [5.41, 5.74) is 4.77. The minimum atomic E-state index is 0.558. The van der Waals surface area contributed by atoms with E-state index >= 15 is 0 Å². The Labute approximate surface area is 185 Å². The summed E-state index contributed by atoms with van der Waals surface area (Å²) in [6.07, 6.45) is 15.3. The molecule has 0 spiro atoms. The molecule has 0 aromatic rings. The predicted octanol–water partition coefficient (Wildman–Crippen LogP) is 9.04. The fourth-order valence-corrected chi connectivity index (χ4v) is 1.72. The Kier molecular flexibility index (Phi) is 43.2. The molecule has 0 saturated heterocycles. The monoisotopic (exact) mass is 401 g/mol. The maximum absolute atomic E-state index is 5.29. The van der Waals surface area contributed by atoms with Gasteiger partial charge in [-0.3, -0.25) is 0 Å². The zero-order valence-electron chi connectivity index (χ0n) is 21.3. The second-order valence-corrected chi connectivity index (χ2v) is 5.76. The molecule has 0 aromatic heterocycles. The summed E-state index contributed by atoms with van der Waals surface area (Å²) >= 11 is 0. The van der Waals surface area contributed by atoms with E-state index < -0.39 is 0 Å². The molecule has 1 N–H and O–H groups in total. The second-order valence-electron chi connectivity index (χ2n) is 5.76. The topological polar surface area (TPSA) is 12.0 Å². The first kappa shape index (κ1) is 37.5. The Balaban J connectivity index is -0.000000107. The van der Waals surface area contributed by atoms with Gasteiger partial charge >= 0.3 is 0 Å². The van der Waals surface area contributed by atoms with Gasteiger partial charge in [0.2, 0.25) is 0 Å². The lowest BCUT2D eigenvalue weighted by Crippen LogP contribution is -2.12. The fourth-order valence-electron chi connectivity index (χ4n) is 1.72. The number of allylic oxidation sites excluding steroid dienone is 7. The van der Waals surface area contributed by atoms with Gasteiger partial charge in [-0.15, -0.1) is 32.1 Å². The third-order valence-corrected chi connectivity index (χ3v) is 3.66.